The van der Waals surface area contributed by atoms with Gasteiger partial charge in [0.25, 0.3) is 0 Å². The van der Waals surface area contributed by atoms with E-state index in [-0.39, 0.29) is 43.9 Å². The van der Waals surface area contributed by atoms with E-state index in [1.54, 1.807) is 12.1 Å². The van der Waals surface area contributed by atoms with Crippen LogP contribution in [0.4, 0.5) is 0 Å². The number of amides is 3. The summed E-state index contributed by atoms with van der Waals surface area (Å²) in [5.41, 5.74) is 18.6. The molecule has 4 unspecified atom stereocenters. The van der Waals surface area contributed by atoms with E-state index in [0.717, 1.165) is 0 Å². The summed E-state index contributed by atoms with van der Waals surface area (Å²) in [5, 5.41) is 26.9. The number of aromatic amines is 2. The van der Waals surface area contributed by atoms with Gasteiger partial charge in [0.15, 0.2) is 5.96 Å². The van der Waals surface area contributed by atoms with Crippen LogP contribution in [0.25, 0.3) is 0 Å². The lowest BCUT2D eigenvalue weighted by molar-refractivity contribution is -0.142. The number of nitrogens with two attached hydrogens (primary N) is 3. The monoisotopic (exact) mass is 611 g/mol. The molecule has 0 aliphatic heterocycles. The molecule has 236 valence electrons. The first-order valence-electron chi connectivity index (χ1n) is 13.7. The third kappa shape index (κ3) is 10.8. The number of rotatable bonds is 17. The maximum absolute atomic E-state index is 13.5. The predicted molar refractivity (Wildman–Crippen MR) is 158 cm³/mol. The van der Waals surface area contributed by atoms with Crippen molar-refractivity contribution in [3.63, 3.8) is 0 Å². The van der Waals surface area contributed by atoms with E-state index in [1.807, 2.05) is 0 Å². The van der Waals surface area contributed by atoms with Crippen LogP contribution in [0.5, 0.6) is 5.75 Å². The van der Waals surface area contributed by atoms with E-state index in [0.29, 0.717) is 23.4 Å². The molecule has 17 heteroatoms. The topological polar surface area (TPSA) is 293 Å². The van der Waals surface area contributed by atoms with Crippen molar-refractivity contribution >= 4 is 29.7 Å². The molecule has 0 saturated carbocycles. The van der Waals surface area contributed by atoms with Crippen molar-refractivity contribution in [2.75, 3.05) is 6.54 Å². The molecule has 44 heavy (non-hydrogen) atoms. The number of H-pyrrole nitrogens is 2. The van der Waals surface area contributed by atoms with E-state index in [2.05, 4.69) is 40.9 Å². The molecule has 0 saturated heterocycles. The quantitative estimate of drug-likeness (QED) is 0.0443. The average molecular weight is 612 g/mol. The first-order valence-corrected chi connectivity index (χ1v) is 13.7. The van der Waals surface area contributed by atoms with E-state index in [1.165, 1.54) is 37.2 Å². The number of nitrogens with zero attached hydrogens (tertiary/aromatic N) is 3. The van der Waals surface area contributed by atoms with Crippen LogP contribution < -0.4 is 33.2 Å². The molecule has 17 nitrogen and oxygen atoms in total. The van der Waals surface area contributed by atoms with Gasteiger partial charge in [-0.2, -0.15) is 0 Å². The number of aromatic nitrogens is 4. The highest BCUT2D eigenvalue weighted by molar-refractivity contribution is 5.94. The Hall–Kier alpha value is -5.45. The fraction of sp³-hybridized carbons (Fsp3) is 0.370. The molecule has 3 aromatic rings. The fourth-order valence-electron chi connectivity index (χ4n) is 4.22. The number of imidazole rings is 2. The molecular weight excluding hydrogens is 574 g/mol. The molecule has 4 atom stereocenters. The smallest absolute Gasteiger partial charge is 0.326 e. The molecule has 0 spiro atoms. The molecule has 13 N–H and O–H groups in total. The Morgan fingerprint density at radius 1 is 0.818 bits per heavy atom. The van der Waals surface area contributed by atoms with Gasteiger partial charge in [-0.3, -0.25) is 19.4 Å². The minimum atomic E-state index is -1.32. The van der Waals surface area contributed by atoms with Gasteiger partial charge in [0.05, 0.1) is 18.7 Å². The summed E-state index contributed by atoms with van der Waals surface area (Å²) in [6.45, 7) is 0.174. The number of phenolic OH excluding ortho intramolecular Hbond substituents is 1. The molecule has 0 aliphatic carbocycles. The number of aliphatic imine (C=N–C) groups is 1. The summed E-state index contributed by atoms with van der Waals surface area (Å²) in [5.74, 6) is -3.46. The molecule has 1 aromatic carbocycles. The van der Waals surface area contributed by atoms with Gasteiger partial charge >= 0.3 is 5.97 Å². The second-order valence-corrected chi connectivity index (χ2v) is 10.0. The highest BCUT2D eigenvalue weighted by atomic mass is 16.4. The third-order valence-corrected chi connectivity index (χ3v) is 6.51. The Morgan fingerprint density at radius 2 is 1.36 bits per heavy atom. The SMILES string of the molecule is NC(N)=NCCCC(NC(=O)C(N)Cc1ccc(O)cc1)C(=O)NC(Cc1cnc[nH]1)C(=O)NC(Cc1cnc[nH]1)C(=O)O. The van der Waals surface area contributed by atoms with Crippen molar-refractivity contribution in [2.45, 2.75) is 56.3 Å². The van der Waals surface area contributed by atoms with E-state index >= 15 is 0 Å². The first-order chi connectivity index (χ1) is 21.0. The van der Waals surface area contributed by atoms with Crippen molar-refractivity contribution in [3.8, 4) is 5.75 Å². The molecule has 3 rings (SSSR count). The third-order valence-electron chi connectivity index (χ3n) is 6.51. The van der Waals surface area contributed by atoms with Gasteiger partial charge in [-0.05, 0) is 37.0 Å². The van der Waals surface area contributed by atoms with Crippen molar-refractivity contribution < 1.29 is 29.4 Å². The van der Waals surface area contributed by atoms with Crippen LogP contribution in [0.15, 0.2) is 54.3 Å². The minimum Gasteiger partial charge on any atom is -0.508 e. The lowest BCUT2D eigenvalue weighted by atomic mass is 10.0. The molecule has 0 fully saturated rings. The van der Waals surface area contributed by atoms with Crippen LogP contribution in [0.1, 0.15) is 29.8 Å². The van der Waals surface area contributed by atoms with Gasteiger partial charge in [-0.15, -0.1) is 0 Å². The molecule has 0 aliphatic rings. The Bertz CT molecular complexity index is 1390. The summed E-state index contributed by atoms with van der Waals surface area (Å²) in [6, 6.07) is 1.44. The van der Waals surface area contributed by atoms with E-state index in [4.69, 9.17) is 17.2 Å². The van der Waals surface area contributed by atoms with Crippen LogP contribution in [0, 0.1) is 0 Å². The van der Waals surface area contributed by atoms with Gasteiger partial charge in [0, 0.05) is 43.2 Å². The average Bonchev–Trinajstić information content (AvgIpc) is 3.69. The lowest BCUT2D eigenvalue weighted by Gasteiger charge is -2.25. The van der Waals surface area contributed by atoms with Gasteiger partial charge in [-0.25, -0.2) is 14.8 Å². The number of carboxylic acids is 1. The zero-order valence-electron chi connectivity index (χ0n) is 23.8. The number of hydrogen-bond acceptors (Lipinski definition) is 9. The Balaban J connectivity index is 1.75. The zero-order valence-corrected chi connectivity index (χ0v) is 23.8. The highest BCUT2D eigenvalue weighted by Gasteiger charge is 2.31. The lowest BCUT2D eigenvalue weighted by Crippen LogP contribution is -2.58. The zero-order chi connectivity index (χ0) is 32.1. The molecular formula is C27H37N11O6. The molecule has 0 radical (unpaired) electrons. The maximum atomic E-state index is 13.5. The van der Waals surface area contributed by atoms with Crippen LogP contribution in [0.2, 0.25) is 0 Å². The second-order valence-electron chi connectivity index (χ2n) is 10.0. The van der Waals surface area contributed by atoms with Crippen LogP contribution in [-0.4, -0.2) is 90.5 Å². The molecule has 2 heterocycles. The van der Waals surface area contributed by atoms with Gasteiger partial charge < -0.3 is 53.3 Å². The Kier molecular flexibility index (Phi) is 12.2. The predicted octanol–water partition coefficient (Wildman–Crippen LogP) is -2.21. The number of aliphatic carboxylic acids is 1. The van der Waals surface area contributed by atoms with Crippen molar-refractivity contribution in [1.82, 2.24) is 35.9 Å². The van der Waals surface area contributed by atoms with E-state index < -0.39 is 47.9 Å². The normalized spacial score (nSPS) is 13.6. The summed E-state index contributed by atoms with van der Waals surface area (Å²) in [7, 11) is 0. The van der Waals surface area contributed by atoms with Crippen molar-refractivity contribution in [2.24, 2.45) is 22.2 Å². The van der Waals surface area contributed by atoms with Gasteiger partial charge in [-0.1, -0.05) is 12.1 Å². The molecule has 0 bridgehead atoms. The standard InChI is InChI=1S/C27H37N11O6/c28-19(8-15-3-5-18(39)6-4-15)23(40)36-20(2-1-7-33-27(29)30)24(41)37-21(9-16-11-31-13-34-16)25(42)38-22(26(43)44)10-17-12-32-14-35-17/h3-6,11-14,19-22,39H,1-2,7-10,28H2,(H,31,34)(H,32,35)(H,36,40)(H,37,41)(H,38,42)(H,43,44)(H4,29,30,33). The summed E-state index contributed by atoms with van der Waals surface area (Å²) in [6.07, 6.45) is 6.07. The van der Waals surface area contributed by atoms with Crippen molar-refractivity contribution in [3.05, 3.63) is 66.3 Å². The van der Waals surface area contributed by atoms with Gasteiger partial charge in [0.1, 0.15) is 23.9 Å². The fourth-order valence-corrected chi connectivity index (χ4v) is 4.22. The second kappa shape index (κ2) is 16.3. The van der Waals surface area contributed by atoms with Crippen LogP contribution in [0.3, 0.4) is 0 Å². The number of carbonyl (C=O) groups is 4. The number of carbonyl (C=O) groups excluding carboxylic acids is 3. The van der Waals surface area contributed by atoms with Gasteiger partial charge in [0.2, 0.25) is 17.7 Å². The highest BCUT2D eigenvalue weighted by Crippen LogP contribution is 2.11. The number of aromatic hydroxyl groups is 1. The first kappa shape index (κ1) is 33.1. The molecule has 2 aromatic heterocycles. The van der Waals surface area contributed by atoms with Crippen LogP contribution >= 0.6 is 0 Å². The largest absolute Gasteiger partial charge is 0.508 e. The summed E-state index contributed by atoms with van der Waals surface area (Å²) >= 11 is 0. The Morgan fingerprint density at radius 3 is 1.91 bits per heavy atom. The molecule has 3 amide bonds. The van der Waals surface area contributed by atoms with Crippen molar-refractivity contribution in [1.29, 1.82) is 0 Å². The van der Waals surface area contributed by atoms with E-state index in [9.17, 15) is 29.4 Å². The Labute approximate surface area is 252 Å². The summed E-state index contributed by atoms with van der Waals surface area (Å²) < 4.78 is 0. The number of phenols is 1. The number of hydrogen-bond donors (Lipinski definition) is 10. The number of nitrogens with one attached hydrogen (secondary N) is 5. The van der Waals surface area contributed by atoms with Crippen LogP contribution in [-0.2, 0) is 38.4 Å². The summed E-state index contributed by atoms with van der Waals surface area (Å²) in [4.78, 5) is 69.1. The number of carboxylic acid groups (broad SMARTS) is 1. The number of benzene rings is 1. The minimum absolute atomic E-state index is 0.0526. The maximum Gasteiger partial charge on any atom is 0.326 e. The number of guanidine groups is 1.